The standard InChI is InChI=1S/C68H128O6/c1-4-7-10-13-16-19-22-25-27-29-31-33-34-36-37-39-41-43-46-49-52-55-58-61-67(70)73-64-65(63-72-66(69)60-57-54-51-48-45-24-21-18-15-12-9-6-3)74-68(71)62-59-56-53-50-47-44-42-40-38-35-32-30-28-26-23-20-17-14-11-8-5-2/h23,26,30,32,65H,4-22,24-25,27-29,31,33-64H2,1-3H3/b26-23-,32-30-. The summed E-state index contributed by atoms with van der Waals surface area (Å²) in [4.78, 5) is 38.3. The Morgan fingerprint density at radius 1 is 0.270 bits per heavy atom. The Bertz CT molecular complexity index is 1190. The molecule has 0 saturated carbocycles. The molecule has 0 aliphatic heterocycles. The fraction of sp³-hybridized carbons (Fsp3) is 0.897. The lowest BCUT2D eigenvalue weighted by Gasteiger charge is -2.18. The monoisotopic (exact) mass is 1040 g/mol. The smallest absolute Gasteiger partial charge is 0.306 e. The molecule has 6 nitrogen and oxygen atoms in total. The van der Waals surface area contributed by atoms with Gasteiger partial charge in [-0.05, 0) is 51.4 Å². The van der Waals surface area contributed by atoms with Gasteiger partial charge in [0.05, 0.1) is 0 Å². The van der Waals surface area contributed by atoms with Crippen molar-refractivity contribution in [3.63, 3.8) is 0 Å². The molecule has 1 atom stereocenters. The highest BCUT2D eigenvalue weighted by atomic mass is 16.6. The molecule has 0 amide bonds. The van der Waals surface area contributed by atoms with E-state index in [0.717, 1.165) is 64.2 Å². The summed E-state index contributed by atoms with van der Waals surface area (Å²) in [6, 6.07) is 0. The van der Waals surface area contributed by atoms with E-state index in [-0.39, 0.29) is 31.1 Å². The van der Waals surface area contributed by atoms with E-state index in [2.05, 4.69) is 45.1 Å². The summed E-state index contributed by atoms with van der Waals surface area (Å²) < 4.78 is 17.0. The normalized spacial score (nSPS) is 12.1. The number of unbranched alkanes of at least 4 members (excludes halogenated alkanes) is 47. The second-order valence-corrected chi connectivity index (χ2v) is 22.7. The van der Waals surface area contributed by atoms with Crippen molar-refractivity contribution in [3.8, 4) is 0 Å². The lowest BCUT2D eigenvalue weighted by molar-refractivity contribution is -0.167. The first-order chi connectivity index (χ1) is 36.5. The van der Waals surface area contributed by atoms with Gasteiger partial charge in [-0.3, -0.25) is 14.4 Å². The average Bonchev–Trinajstić information content (AvgIpc) is 3.40. The van der Waals surface area contributed by atoms with E-state index in [0.29, 0.717) is 19.3 Å². The third kappa shape index (κ3) is 60.8. The first-order valence-corrected chi connectivity index (χ1v) is 33.3. The molecular weight excluding hydrogens is 913 g/mol. The summed E-state index contributed by atoms with van der Waals surface area (Å²) in [5.74, 6) is -0.842. The molecule has 0 N–H and O–H groups in total. The Morgan fingerprint density at radius 3 is 0.743 bits per heavy atom. The van der Waals surface area contributed by atoms with Gasteiger partial charge in [0.25, 0.3) is 0 Å². The van der Waals surface area contributed by atoms with Gasteiger partial charge >= 0.3 is 17.9 Å². The maximum absolute atomic E-state index is 12.9. The number of hydrogen-bond acceptors (Lipinski definition) is 6. The fourth-order valence-corrected chi connectivity index (χ4v) is 10.2. The zero-order valence-electron chi connectivity index (χ0n) is 50.1. The fourth-order valence-electron chi connectivity index (χ4n) is 10.2. The molecule has 0 bridgehead atoms. The minimum atomic E-state index is -0.769. The summed E-state index contributed by atoms with van der Waals surface area (Å²) in [6.07, 6.45) is 76.2. The van der Waals surface area contributed by atoms with E-state index in [4.69, 9.17) is 14.2 Å². The minimum absolute atomic E-state index is 0.0667. The molecule has 0 rings (SSSR count). The molecule has 436 valence electrons. The highest BCUT2D eigenvalue weighted by Crippen LogP contribution is 2.18. The molecule has 0 fully saturated rings. The molecule has 0 aromatic heterocycles. The van der Waals surface area contributed by atoms with Crippen LogP contribution in [0.25, 0.3) is 0 Å². The number of carbonyl (C=O) groups excluding carboxylic acids is 3. The first kappa shape index (κ1) is 71.9. The van der Waals surface area contributed by atoms with Gasteiger partial charge in [0.1, 0.15) is 13.2 Å². The number of hydrogen-bond donors (Lipinski definition) is 0. The number of rotatable bonds is 62. The lowest BCUT2D eigenvalue weighted by Crippen LogP contribution is -2.30. The van der Waals surface area contributed by atoms with Crippen LogP contribution in [0.2, 0.25) is 0 Å². The van der Waals surface area contributed by atoms with Gasteiger partial charge in [-0.15, -0.1) is 0 Å². The first-order valence-electron chi connectivity index (χ1n) is 33.3. The van der Waals surface area contributed by atoms with Crippen LogP contribution in [-0.2, 0) is 28.6 Å². The molecule has 0 saturated heterocycles. The van der Waals surface area contributed by atoms with Crippen LogP contribution in [0.3, 0.4) is 0 Å². The van der Waals surface area contributed by atoms with Gasteiger partial charge in [0.2, 0.25) is 0 Å². The molecule has 1 unspecified atom stereocenters. The lowest BCUT2D eigenvalue weighted by atomic mass is 10.0. The molecular formula is C68H128O6. The zero-order valence-corrected chi connectivity index (χ0v) is 50.1. The predicted octanol–water partition coefficient (Wildman–Crippen LogP) is 22.6. The predicted molar refractivity (Wildman–Crippen MR) is 321 cm³/mol. The van der Waals surface area contributed by atoms with Crippen LogP contribution < -0.4 is 0 Å². The van der Waals surface area contributed by atoms with E-state index in [1.54, 1.807) is 0 Å². The van der Waals surface area contributed by atoms with Crippen LogP contribution in [0.5, 0.6) is 0 Å². The molecule has 0 spiro atoms. The Balaban J connectivity index is 4.23. The van der Waals surface area contributed by atoms with E-state index < -0.39 is 6.10 Å². The van der Waals surface area contributed by atoms with Gasteiger partial charge in [0.15, 0.2) is 6.10 Å². The van der Waals surface area contributed by atoms with Gasteiger partial charge < -0.3 is 14.2 Å². The van der Waals surface area contributed by atoms with Gasteiger partial charge in [0, 0.05) is 19.3 Å². The van der Waals surface area contributed by atoms with E-state index in [1.165, 1.54) is 270 Å². The average molecular weight is 1040 g/mol. The summed E-state index contributed by atoms with van der Waals surface area (Å²) >= 11 is 0. The number of allylic oxidation sites excluding steroid dienone is 4. The zero-order chi connectivity index (χ0) is 53.6. The highest BCUT2D eigenvalue weighted by molar-refractivity contribution is 5.71. The van der Waals surface area contributed by atoms with Crippen molar-refractivity contribution in [2.45, 2.75) is 380 Å². The largest absolute Gasteiger partial charge is 0.462 e. The second-order valence-electron chi connectivity index (χ2n) is 22.7. The quantitative estimate of drug-likeness (QED) is 0.0261. The molecule has 0 aromatic carbocycles. The minimum Gasteiger partial charge on any atom is -0.462 e. The van der Waals surface area contributed by atoms with E-state index in [1.807, 2.05) is 0 Å². The highest BCUT2D eigenvalue weighted by Gasteiger charge is 2.19. The van der Waals surface area contributed by atoms with Gasteiger partial charge in [-0.25, -0.2) is 0 Å². The van der Waals surface area contributed by atoms with Gasteiger partial charge in [-0.2, -0.15) is 0 Å². The van der Waals surface area contributed by atoms with Crippen LogP contribution in [0.15, 0.2) is 24.3 Å². The second kappa shape index (κ2) is 63.4. The Kier molecular flexibility index (Phi) is 61.6. The summed E-state index contributed by atoms with van der Waals surface area (Å²) in [5.41, 5.74) is 0. The van der Waals surface area contributed by atoms with Crippen molar-refractivity contribution in [3.05, 3.63) is 24.3 Å². The number of carbonyl (C=O) groups is 3. The number of esters is 3. The van der Waals surface area contributed by atoms with Crippen LogP contribution in [0.4, 0.5) is 0 Å². The van der Waals surface area contributed by atoms with Crippen LogP contribution in [0, 0.1) is 0 Å². The maximum atomic E-state index is 12.9. The van der Waals surface area contributed by atoms with Crippen molar-refractivity contribution < 1.29 is 28.6 Å². The van der Waals surface area contributed by atoms with Crippen molar-refractivity contribution in [1.29, 1.82) is 0 Å². The third-order valence-corrected chi connectivity index (χ3v) is 15.2. The molecule has 0 aliphatic rings. The molecule has 0 aromatic rings. The Morgan fingerprint density at radius 2 is 0.486 bits per heavy atom. The summed E-state index contributed by atoms with van der Waals surface area (Å²) in [5, 5.41) is 0. The van der Waals surface area contributed by atoms with E-state index in [9.17, 15) is 14.4 Å². The Labute approximate surface area is 462 Å². The van der Waals surface area contributed by atoms with Crippen LogP contribution >= 0.6 is 0 Å². The summed E-state index contributed by atoms with van der Waals surface area (Å²) in [7, 11) is 0. The van der Waals surface area contributed by atoms with Crippen LogP contribution in [0.1, 0.15) is 374 Å². The SMILES string of the molecule is CCCCCCC/C=C\C/C=C\CCCCCCCCCCCC(=O)OC(COC(=O)CCCCCCCCCCCCCC)COC(=O)CCCCCCCCCCCCCCCCCCCCCCCCC. The molecule has 74 heavy (non-hydrogen) atoms. The third-order valence-electron chi connectivity index (χ3n) is 15.2. The summed E-state index contributed by atoms with van der Waals surface area (Å²) in [6.45, 7) is 6.70. The van der Waals surface area contributed by atoms with Crippen molar-refractivity contribution in [2.24, 2.45) is 0 Å². The van der Waals surface area contributed by atoms with Crippen LogP contribution in [-0.4, -0.2) is 37.2 Å². The van der Waals surface area contributed by atoms with E-state index >= 15 is 0 Å². The Hall–Kier alpha value is -2.11. The van der Waals surface area contributed by atoms with Gasteiger partial charge in [-0.1, -0.05) is 328 Å². The number of ether oxygens (including phenoxy) is 3. The van der Waals surface area contributed by atoms with Crippen molar-refractivity contribution in [1.82, 2.24) is 0 Å². The van der Waals surface area contributed by atoms with Crippen molar-refractivity contribution in [2.75, 3.05) is 13.2 Å². The van der Waals surface area contributed by atoms with Crippen molar-refractivity contribution >= 4 is 17.9 Å². The molecule has 0 radical (unpaired) electrons. The molecule has 6 heteroatoms. The topological polar surface area (TPSA) is 78.9 Å². The molecule has 0 heterocycles. The molecule has 0 aliphatic carbocycles. The maximum Gasteiger partial charge on any atom is 0.306 e.